The molecule has 0 radical (unpaired) electrons. The van der Waals surface area contributed by atoms with Crippen LogP contribution in [0.25, 0.3) is 78.9 Å². The van der Waals surface area contributed by atoms with Gasteiger partial charge in [-0.05, 0) is 91.4 Å². The lowest BCUT2D eigenvalue weighted by Gasteiger charge is -2.28. The Labute approximate surface area is 293 Å². The smallest absolute Gasteiger partial charge is 0.405 e. The Morgan fingerprint density at radius 2 is 1.00 bits per heavy atom. The maximum atomic E-state index is 17.0. The molecule has 2 aliphatic heterocycles. The van der Waals surface area contributed by atoms with Crippen molar-refractivity contribution in [3.63, 3.8) is 0 Å². The summed E-state index contributed by atoms with van der Waals surface area (Å²) in [6.07, 6.45) is 6.10. The van der Waals surface area contributed by atoms with Gasteiger partial charge in [0.1, 0.15) is 0 Å². The van der Waals surface area contributed by atoms with Gasteiger partial charge in [-0.1, -0.05) is 91.0 Å². The molecule has 3 aromatic carbocycles. The van der Waals surface area contributed by atoms with E-state index in [0.29, 0.717) is 16.6 Å². The van der Waals surface area contributed by atoms with Crippen molar-refractivity contribution in [2.75, 3.05) is 0 Å². The number of nitrogens with one attached hydrogen (secondary N) is 2. The number of aromatic nitrogens is 4. The molecular formula is C42H37FN4OSi2. The first-order valence-electron chi connectivity index (χ1n) is 16.9. The van der Waals surface area contributed by atoms with E-state index in [-0.39, 0.29) is 0 Å². The van der Waals surface area contributed by atoms with E-state index in [1.165, 1.54) is 0 Å². The van der Waals surface area contributed by atoms with Crippen molar-refractivity contribution in [1.82, 2.24) is 19.9 Å². The maximum absolute atomic E-state index is 17.0. The summed E-state index contributed by atoms with van der Waals surface area (Å²) in [4.78, 5) is 17.9. The number of H-pyrrole nitrogens is 2. The molecule has 1 unspecified atom stereocenters. The quantitative estimate of drug-likeness (QED) is 0.135. The van der Waals surface area contributed by atoms with Gasteiger partial charge in [0.2, 0.25) is 0 Å². The predicted octanol–water partition coefficient (Wildman–Crippen LogP) is 11.5. The second kappa shape index (κ2) is 12.5. The molecule has 8 bridgehead atoms. The highest BCUT2D eigenvalue weighted by Gasteiger charge is 2.42. The highest BCUT2D eigenvalue weighted by molar-refractivity contribution is 6.93. The molecule has 5 nitrogen and oxygen atoms in total. The van der Waals surface area contributed by atoms with Crippen LogP contribution in [0.2, 0.25) is 26.2 Å². The molecule has 0 saturated carbocycles. The molecule has 5 heterocycles. The van der Waals surface area contributed by atoms with Crippen LogP contribution in [0.4, 0.5) is 4.11 Å². The zero-order chi connectivity index (χ0) is 34.5. The summed E-state index contributed by atoms with van der Waals surface area (Å²) in [7, 11) is -6.12. The first kappa shape index (κ1) is 31.8. The number of hydrogen-bond acceptors (Lipinski definition) is 3. The summed E-state index contributed by atoms with van der Waals surface area (Å²) >= 11 is 0. The third-order valence-corrected chi connectivity index (χ3v) is 14.2. The van der Waals surface area contributed by atoms with Gasteiger partial charge in [-0.25, -0.2) is 9.97 Å². The van der Waals surface area contributed by atoms with Crippen molar-refractivity contribution in [3.05, 3.63) is 144 Å². The Morgan fingerprint density at radius 3 is 1.50 bits per heavy atom. The lowest BCUT2D eigenvalue weighted by atomic mass is 10.0. The third kappa shape index (κ3) is 6.13. The molecule has 50 heavy (non-hydrogen) atoms. The van der Waals surface area contributed by atoms with Gasteiger partial charge in [-0.3, -0.25) is 4.11 Å². The molecule has 3 aromatic heterocycles. The summed E-state index contributed by atoms with van der Waals surface area (Å²) < 4.78 is 23.3. The highest BCUT2D eigenvalue weighted by Crippen LogP contribution is 2.40. The van der Waals surface area contributed by atoms with E-state index in [0.717, 1.165) is 66.8 Å². The van der Waals surface area contributed by atoms with E-state index in [1.54, 1.807) is 6.55 Å². The molecule has 2 N–H and O–H groups in total. The SMILES string of the molecule is C[Si](C)(C)O[Si](C)(F)C1=Cc2nc1cc1ccc([nH]1)c(-c1ccccc1)c1nc(c(-c3ccccc3)c3ccc([nH]3)c2-c2ccccc2)C=C1. The van der Waals surface area contributed by atoms with Crippen LogP contribution < -0.4 is 0 Å². The van der Waals surface area contributed by atoms with Gasteiger partial charge >= 0.3 is 8.65 Å². The minimum atomic E-state index is -3.88. The van der Waals surface area contributed by atoms with Crippen LogP contribution in [0.1, 0.15) is 22.8 Å². The molecule has 0 saturated heterocycles. The van der Waals surface area contributed by atoms with Crippen molar-refractivity contribution in [2.24, 2.45) is 0 Å². The highest BCUT2D eigenvalue weighted by atomic mass is 28.5. The first-order valence-corrected chi connectivity index (χ1v) is 22.6. The van der Waals surface area contributed by atoms with E-state index in [9.17, 15) is 0 Å². The number of rotatable bonds is 6. The van der Waals surface area contributed by atoms with Crippen molar-refractivity contribution in [1.29, 1.82) is 0 Å². The molecule has 246 valence electrons. The number of halogens is 1. The number of hydrogen-bond donors (Lipinski definition) is 2. The molecule has 6 aromatic rings. The molecule has 0 spiro atoms. The number of aromatic amines is 2. The van der Waals surface area contributed by atoms with Crippen LogP contribution in [0.15, 0.2) is 121 Å². The number of benzene rings is 3. The van der Waals surface area contributed by atoms with Crippen molar-refractivity contribution in [3.8, 4) is 33.4 Å². The summed E-state index contributed by atoms with van der Waals surface area (Å²) in [6.45, 7) is 7.74. The molecule has 1 atom stereocenters. The Balaban J connectivity index is 1.54. The number of fused-ring (bicyclic) bond motifs is 8. The fourth-order valence-corrected chi connectivity index (χ4v) is 12.9. The molecule has 8 heteroatoms. The lowest BCUT2D eigenvalue weighted by molar-refractivity contribution is 0.487. The van der Waals surface area contributed by atoms with Gasteiger partial charge in [0.15, 0.2) is 8.32 Å². The van der Waals surface area contributed by atoms with Crippen LogP contribution >= 0.6 is 0 Å². The fourth-order valence-electron chi connectivity index (χ4n) is 6.91. The van der Waals surface area contributed by atoms with E-state index in [2.05, 4.69) is 76.7 Å². The lowest BCUT2D eigenvalue weighted by Crippen LogP contribution is -2.42. The summed E-state index contributed by atoms with van der Waals surface area (Å²) in [5.74, 6) is 0. The maximum Gasteiger partial charge on any atom is 0.405 e. The molecular weight excluding hydrogens is 652 g/mol. The molecule has 0 fully saturated rings. The van der Waals surface area contributed by atoms with Crippen molar-refractivity contribution < 1.29 is 8.22 Å². The minimum Gasteiger partial charge on any atom is -0.430 e. The summed E-state index contributed by atoms with van der Waals surface area (Å²) in [5, 5.41) is 0.529. The Bertz CT molecular complexity index is 2460. The van der Waals surface area contributed by atoms with Gasteiger partial charge in [-0.2, -0.15) is 0 Å². The normalized spacial score (nSPS) is 14.0. The van der Waals surface area contributed by atoms with E-state index >= 15 is 4.11 Å². The first-order chi connectivity index (χ1) is 24.1. The molecule has 2 aliphatic rings. The van der Waals surface area contributed by atoms with Crippen molar-refractivity contribution in [2.45, 2.75) is 26.2 Å². The van der Waals surface area contributed by atoms with Gasteiger partial charge in [0.25, 0.3) is 0 Å². The average molecular weight is 689 g/mol. The second-order valence-corrected chi connectivity index (χ2v) is 21.2. The monoisotopic (exact) mass is 688 g/mol. The van der Waals surface area contributed by atoms with E-state index in [1.807, 2.05) is 92.4 Å². The average Bonchev–Trinajstić information content (AvgIpc) is 3.92. The zero-order valence-corrected chi connectivity index (χ0v) is 30.5. The Kier molecular flexibility index (Phi) is 7.94. The predicted molar refractivity (Wildman–Crippen MR) is 211 cm³/mol. The standard InChI is InChI=1S/C42H37FN4OSi2/c1-49(2,3)48-50(4,43)39-27-38-42(30-18-12-7-13-19-30)36-25-24-35(46-36)41(29-16-10-6-11-17-29)34-23-22-33(45-34)40(28-14-8-5-9-15-28)32-21-20-31(44-32)26-37(39)47-38/h5-27,44,46H,1-4H3. The van der Waals surface area contributed by atoms with Gasteiger partial charge in [0, 0.05) is 44.0 Å². The third-order valence-electron chi connectivity index (χ3n) is 8.87. The molecule has 0 aliphatic carbocycles. The minimum absolute atomic E-state index is 0.529. The molecule has 0 amide bonds. The molecule has 8 rings (SSSR count). The summed E-state index contributed by atoms with van der Waals surface area (Å²) in [6, 6.07) is 41.0. The topological polar surface area (TPSA) is 66.6 Å². The zero-order valence-electron chi connectivity index (χ0n) is 28.5. The van der Waals surface area contributed by atoms with Crippen LogP contribution in [-0.2, 0) is 4.12 Å². The number of nitrogens with zero attached hydrogens (tertiary/aromatic N) is 2. The van der Waals surface area contributed by atoms with Crippen LogP contribution in [0.5, 0.6) is 0 Å². The second-order valence-electron chi connectivity index (χ2n) is 13.8. The largest absolute Gasteiger partial charge is 0.430 e. The van der Waals surface area contributed by atoms with E-state index in [4.69, 9.17) is 14.1 Å². The fraction of sp³-hybridized carbons (Fsp3) is 0.0952. The van der Waals surface area contributed by atoms with Crippen LogP contribution in [-0.4, -0.2) is 36.9 Å². The van der Waals surface area contributed by atoms with Crippen LogP contribution in [0.3, 0.4) is 0 Å². The summed E-state index contributed by atoms with van der Waals surface area (Å²) in [5.41, 5.74) is 12.4. The van der Waals surface area contributed by atoms with Gasteiger partial charge < -0.3 is 14.1 Å². The Hall–Kier alpha value is -5.42. The van der Waals surface area contributed by atoms with Crippen molar-refractivity contribution >= 4 is 62.5 Å². The van der Waals surface area contributed by atoms with Gasteiger partial charge in [0.05, 0.1) is 22.8 Å². The van der Waals surface area contributed by atoms with Gasteiger partial charge in [-0.15, -0.1) is 0 Å². The van der Waals surface area contributed by atoms with E-state index < -0.39 is 17.0 Å². The Morgan fingerprint density at radius 1 is 0.540 bits per heavy atom. The van der Waals surface area contributed by atoms with Crippen LogP contribution in [0, 0.1) is 0 Å².